The quantitative estimate of drug-likeness (QED) is 0.947. The van der Waals surface area contributed by atoms with Gasteiger partial charge >= 0.3 is 0 Å². The second-order valence-electron chi connectivity index (χ2n) is 5.37. The molecule has 21 heavy (non-hydrogen) atoms. The van der Waals surface area contributed by atoms with Gasteiger partial charge in [0.1, 0.15) is 5.82 Å². The van der Waals surface area contributed by atoms with Crippen LogP contribution < -0.4 is 5.32 Å². The van der Waals surface area contributed by atoms with Crippen molar-refractivity contribution in [3.05, 3.63) is 24.0 Å². The number of fused-ring (bicyclic) bond motifs is 1. The molecule has 1 aliphatic rings. The van der Waals surface area contributed by atoms with Crippen molar-refractivity contribution < 1.29 is 9.18 Å². The van der Waals surface area contributed by atoms with Gasteiger partial charge in [-0.3, -0.25) is 9.69 Å². The standard InChI is InChI=1S/C15H18FN3OS/c16-11-5-6-12-13(9-11)21-15(17-12)18-14(20)10-19-7-3-1-2-4-8-19/h5-6,9H,1-4,7-8,10H2,(H,17,18,20). The highest BCUT2D eigenvalue weighted by molar-refractivity contribution is 7.22. The average Bonchev–Trinajstić information content (AvgIpc) is 2.66. The topological polar surface area (TPSA) is 45.2 Å². The lowest BCUT2D eigenvalue weighted by molar-refractivity contribution is -0.117. The van der Waals surface area contributed by atoms with Crippen molar-refractivity contribution in [1.29, 1.82) is 0 Å². The molecule has 1 fully saturated rings. The number of rotatable bonds is 3. The van der Waals surface area contributed by atoms with E-state index in [0.29, 0.717) is 17.2 Å². The molecule has 4 nitrogen and oxygen atoms in total. The zero-order chi connectivity index (χ0) is 14.7. The van der Waals surface area contributed by atoms with Gasteiger partial charge in [0.25, 0.3) is 0 Å². The summed E-state index contributed by atoms with van der Waals surface area (Å²) >= 11 is 1.30. The molecule has 0 radical (unpaired) electrons. The average molecular weight is 307 g/mol. The molecule has 0 unspecified atom stereocenters. The van der Waals surface area contributed by atoms with E-state index in [1.165, 1.54) is 36.3 Å². The second-order valence-corrected chi connectivity index (χ2v) is 6.40. The number of amides is 1. The number of carbonyl (C=O) groups excluding carboxylic acids is 1. The van der Waals surface area contributed by atoms with Crippen molar-refractivity contribution in [3.63, 3.8) is 0 Å². The minimum Gasteiger partial charge on any atom is -0.301 e. The summed E-state index contributed by atoms with van der Waals surface area (Å²) in [5, 5.41) is 3.36. The van der Waals surface area contributed by atoms with E-state index in [1.807, 2.05) is 0 Å². The summed E-state index contributed by atoms with van der Waals surface area (Å²) in [6.45, 7) is 2.38. The van der Waals surface area contributed by atoms with Crippen LogP contribution in [0.25, 0.3) is 10.2 Å². The summed E-state index contributed by atoms with van der Waals surface area (Å²) in [6, 6.07) is 4.45. The molecule has 1 N–H and O–H groups in total. The van der Waals surface area contributed by atoms with Crippen molar-refractivity contribution in [2.75, 3.05) is 25.0 Å². The number of nitrogens with one attached hydrogen (secondary N) is 1. The van der Waals surface area contributed by atoms with E-state index in [0.717, 1.165) is 30.6 Å². The van der Waals surface area contributed by atoms with Crippen molar-refractivity contribution in [2.45, 2.75) is 25.7 Å². The fraction of sp³-hybridized carbons (Fsp3) is 0.467. The molecule has 0 bridgehead atoms. The molecule has 0 aliphatic carbocycles. The monoisotopic (exact) mass is 307 g/mol. The highest BCUT2D eigenvalue weighted by Crippen LogP contribution is 2.26. The number of nitrogens with zero attached hydrogens (tertiary/aromatic N) is 2. The van der Waals surface area contributed by atoms with Gasteiger partial charge in [0.05, 0.1) is 16.8 Å². The van der Waals surface area contributed by atoms with Crippen LogP contribution in [0.2, 0.25) is 0 Å². The van der Waals surface area contributed by atoms with Gasteiger partial charge in [0, 0.05) is 0 Å². The van der Waals surface area contributed by atoms with Crippen molar-refractivity contribution >= 4 is 32.6 Å². The van der Waals surface area contributed by atoms with Crippen molar-refractivity contribution in [3.8, 4) is 0 Å². The van der Waals surface area contributed by atoms with Gasteiger partial charge in [0.2, 0.25) is 5.91 Å². The van der Waals surface area contributed by atoms with Crippen LogP contribution in [0.4, 0.5) is 9.52 Å². The molecular weight excluding hydrogens is 289 g/mol. The molecule has 6 heteroatoms. The third kappa shape index (κ3) is 3.77. The fourth-order valence-corrected chi connectivity index (χ4v) is 3.52. The van der Waals surface area contributed by atoms with E-state index in [4.69, 9.17) is 0 Å². The van der Waals surface area contributed by atoms with E-state index >= 15 is 0 Å². The Balaban J connectivity index is 1.62. The molecule has 1 amide bonds. The predicted molar refractivity (Wildman–Crippen MR) is 83.1 cm³/mol. The Kier molecular flexibility index (Phi) is 4.45. The Morgan fingerprint density at radius 2 is 2.05 bits per heavy atom. The molecule has 112 valence electrons. The maximum Gasteiger partial charge on any atom is 0.240 e. The maximum absolute atomic E-state index is 13.1. The van der Waals surface area contributed by atoms with Crippen LogP contribution in [-0.4, -0.2) is 35.4 Å². The molecule has 2 heterocycles. The first-order chi connectivity index (χ1) is 10.2. The Morgan fingerprint density at radius 1 is 1.29 bits per heavy atom. The summed E-state index contributed by atoms with van der Waals surface area (Å²) in [4.78, 5) is 18.6. The summed E-state index contributed by atoms with van der Waals surface area (Å²) in [6.07, 6.45) is 4.82. The first-order valence-corrected chi connectivity index (χ1v) is 8.11. The third-order valence-electron chi connectivity index (χ3n) is 3.66. The summed E-state index contributed by atoms with van der Waals surface area (Å²) in [5.41, 5.74) is 0.714. The smallest absolute Gasteiger partial charge is 0.240 e. The van der Waals surface area contributed by atoms with Crippen LogP contribution in [0.5, 0.6) is 0 Å². The SMILES string of the molecule is O=C(CN1CCCCCC1)Nc1nc2ccc(F)cc2s1. The number of hydrogen-bond donors (Lipinski definition) is 1. The lowest BCUT2D eigenvalue weighted by atomic mass is 10.2. The first-order valence-electron chi connectivity index (χ1n) is 7.29. The van der Waals surface area contributed by atoms with Gasteiger partial charge in [-0.1, -0.05) is 24.2 Å². The van der Waals surface area contributed by atoms with E-state index in [1.54, 1.807) is 6.07 Å². The lowest BCUT2D eigenvalue weighted by Crippen LogP contribution is -2.33. The van der Waals surface area contributed by atoms with Crippen LogP contribution >= 0.6 is 11.3 Å². The van der Waals surface area contributed by atoms with Crippen molar-refractivity contribution in [1.82, 2.24) is 9.88 Å². The summed E-state index contributed by atoms with van der Waals surface area (Å²) in [7, 11) is 0. The third-order valence-corrected chi connectivity index (χ3v) is 4.60. The number of carbonyl (C=O) groups is 1. The molecule has 1 aromatic heterocycles. The molecule has 0 saturated carbocycles. The Labute approximate surface area is 127 Å². The maximum atomic E-state index is 13.1. The minimum absolute atomic E-state index is 0.0450. The molecule has 1 saturated heterocycles. The highest BCUT2D eigenvalue weighted by Gasteiger charge is 2.14. The number of benzene rings is 1. The van der Waals surface area contributed by atoms with Crippen LogP contribution in [0.3, 0.4) is 0 Å². The zero-order valence-corrected chi connectivity index (χ0v) is 12.6. The van der Waals surface area contributed by atoms with E-state index in [2.05, 4.69) is 15.2 Å². The van der Waals surface area contributed by atoms with Crippen LogP contribution in [0.1, 0.15) is 25.7 Å². The van der Waals surface area contributed by atoms with Gasteiger partial charge < -0.3 is 5.32 Å². The van der Waals surface area contributed by atoms with Gasteiger partial charge in [-0.25, -0.2) is 9.37 Å². The largest absolute Gasteiger partial charge is 0.301 e. The van der Waals surface area contributed by atoms with Crippen molar-refractivity contribution in [2.24, 2.45) is 0 Å². The predicted octanol–water partition coefficient (Wildman–Crippen LogP) is 3.25. The highest BCUT2D eigenvalue weighted by atomic mass is 32.1. The molecule has 0 spiro atoms. The summed E-state index contributed by atoms with van der Waals surface area (Å²) < 4.78 is 13.9. The number of aromatic nitrogens is 1. The number of halogens is 1. The Hall–Kier alpha value is -1.53. The van der Waals surface area contributed by atoms with Crippen LogP contribution in [0.15, 0.2) is 18.2 Å². The molecule has 3 rings (SSSR count). The zero-order valence-electron chi connectivity index (χ0n) is 11.8. The molecular formula is C15H18FN3OS. The normalized spacial score (nSPS) is 16.8. The minimum atomic E-state index is -0.284. The molecule has 1 aliphatic heterocycles. The second kappa shape index (κ2) is 6.49. The number of hydrogen-bond acceptors (Lipinski definition) is 4. The lowest BCUT2D eigenvalue weighted by Gasteiger charge is -2.18. The van der Waals surface area contributed by atoms with Gasteiger partial charge in [0.15, 0.2) is 5.13 Å². The van der Waals surface area contributed by atoms with E-state index in [9.17, 15) is 9.18 Å². The van der Waals surface area contributed by atoms with Crippen LogP contribution in [0, 0.1) is 5.82 Å². The Bertz CT molecular complexity index is 635. The fourth-order valence-electron chi connectivity index (χ4n) is 2.61. The molecule has 1 aromatic carbocycles. The van der Waals surface area contributed by atoms with E-state index < -0.39 is 0 Å². The molecule has 0 atom stereocenters. The van der Waals surface area contributed by atoms with Gasteiger partial charge in [-0.05, 0) is 44.1 Å². The van der Waals surface area contributed by atoms with Gasteiger partial charge in [-0.15, -0.1) is 0 Å². The van der Waals surface area contributed by atoms with Gasteiger partial charge in [-0.2, -0.15) is 0 Å². The number of anilines is 1. The number of likely N-dealkylation sites (tertiary alicyclic amines) is 1. The number of thiazole rings is 1. The Morgan fingerprint density at radius 3 is 2.81 bits per heavy atom. The summed E-state index contributed by atoms with van der Waals surface area (Å²) in [5.74, 6) is -0.329. The molecule has 2 aromatic rings. The van der Waals surface area contributed by atoms with E-state index in [-0.39, 0.29) is 11.7 Å². The first kappa shape index (κ1) is 14.4. The van der Waals surface area contributed by atoms with Crippen LogP contribution in [-0.2, 0) is 4.79 Å².